The zero-order valence-electron chi connectivity index (χ0n) is 41.6. The molecule has 1 aliphatic rings. The van der Waals surface area contributed by atoms with Crippen LogP contribution < -0.4 is 25.4 Å². The van der Waals surface area contributed by atoms with E-state index in [4.69, 9.17) is 51.6 Å². The number of likely N-dealkylation sites (tertiary alicyclic amines) is 1. The molecule has 1 saturated heterocycles. The maximum absolute atomic E-state index is 14.0. The molecule has 4 aromatic rings. The van der Waals surface area contributed by atoms with E-state index in [9.17, 15) is 29.1 Å². The molecule has 18 nitrogen and oxygen atoms in total. The second kappa shape index (κ2) is 28.8. The second-order valence-corrected chi connectivity index (χ2v) is 19.5. The summed E-state index contributed by atoms with van der Waals surface area (Å²) in [6.07, 6.45) is -0.820. The molecule has 0 radical (unpaired) electrons. The molecular weight excluding hydrogens is 992 g/mol. The monoisotopic (exact) mass is 1060 g/mol. The maximum Gasteiger partial charge on any atom is 0.247 e. The van der Waals surface area contributed by atoms with Crippen LogP contribution in [0, 0.1) is 12.3 Å². The quantitative estimate of drug-likeness (QED) is 0.0432. The van der Waals surface area contributed by atoms with E-state index < -0.39 is 59.2 Å². The summed E-state index contributed by atoms with van der Waals surface area (Å²) in [5.74, 6) is -1.52. The van der Waals surface area contributed by atoms with Gasteiger partial charge in [0, 0.05) is 49.3 Å². The Labute approximate surface area is 434 Å². The Balaban J connectivity index is 0.982. The molecule has 1 fully saturated rings. The van der Waals surface area contributed by atoms with E-state index in [1.165, 1.54) is 16.9 Å². The number of nitrogens with zero attached hydrogens (tertiary/aromatic N) is 3. The summed E-state index contributed by atoms with van der Waals surface area (Å²) in [6.45, 7) is 8.70. The smallest absolute Gasteiger partial charge is 0.247 e. The third-order valence-corrected chi connectivity index (χ3v) is 13.1. The number of carbonyl (C=O) groups excluding carboxylic acids is 5. The Hall–Kier alpha value is -5.38. The van der Waals surface area contributed by atoms with Crippen LogP contribution in [0.15, 0.2) is 72.2 Å². The van der Waals surface area contributed by atoms with E-state index >= 15 is 0 Å². The van der Waals surface area contributed by atoms with Crippen LogP contribution in [-0.2, 0) is 56.0 Å². The van der Waals surface area contributed by atoms with Crippen molar-refractivity contribution in [3.8, 4) is 21.9 Å². The van der Waals surface area contributed by atoms with Gasteiger partial charge < -0.3 is 59.3 Å². The number of nitrogens with one attached hydrogen (secondary N) is 3. The van der Waals surface area contributed by atoms with Crippen LogP contribution in [0.4, 0.5) is 0 Å². The van der Waals surface area contributed by atoms with Crippen LogP contribution in [-0.4, -0.2) is 154 Å². The van der Waals surface area contributed by atoms with E-state index in [1.807, 2.05) is 52.0 Å². The number of amides is 5. The number of benzene rings is 3. The number of alkyl halides is 1. The summed E-state index contributed by atoms with van der Waals surface area (Å²) in [7, 11) is 3.07. The lowest BCUT2D eigenvalue weighted by molar-refractivity contribution is -0.144. The number of hydrogen-bond donors (Lipinski definition) is 4. The van der Waals surface area contributed by atoms with Crippen LogP contribution in [0.5, 0.6) is 11.5 Å². The van der Waals surface area contributed by atoms with Crippen LogP contribution in [0.2, 0.25) is 5.02 Å². The van der Waals surface area contributed by atoms with Crippen molar-refractivity contribution in [2.24, 2.45) is 5.41 Å². The van der Waals surface area contributed by atoms with Crippen molar-refractivity contribution in [3.05, 3.63) is 99.6 Å². The highest BCUT2D eigenvalue weighted by Gasteiger charge is 2.44. The average molecular weight is 1060 g/mol. The lowest BCUT2D eigenvalue weighted by atomic mass is 9.85. The third kappa shape index (κ3) is 17.1. The minimum Gasteiger partial charge on any atom is -0.497 e. The molecule has 5 rings (SSSR count). The fourth-order valence-electron chi connectivity index (χ4n) is 7.84. The molecule has 4 atom stereocenters. The van der Waals surface area contributed by atoms with E-state index in [2.05, 4.69) is 20.9 Å². The molecule has 1 aliphatic heterocycles. The normalized spacial score (nSPS) is 15.4. The first-order valence-electron chi connectivity index (χ1n) is 23.5. The number of halogens is 2. The number of hydrogen-bond acceptors (Lipinski definition) is 14. The Morgan fingerprint density at radius 2 is 1.51 bits per heavy atom. The van der Waals surface area contributed by atoms with Crippen molar-refractivity contribution in [3.63, 3.8) is 0 Å². The highest BCUT2D eigenvalue weighted by Crippen LogP contribution is 2.30. The molecule has 3 aromatic carbocycles. The van der Waals surface area contributed by atoms with Gasteiger partial charge in [-0.2, -0.15) is 0 Å². The molecule has 0 bridgehead atoms. The predicted molar refractivity (Wildman–Crippen MR) is 273 cm³/mol. The lowest BCUT2D eigenvalue weighted by Gasteiger charge is -2.35. The molecule has 0 saturated carbocycles. The number of rotatable bonds is 28. The highest BCUT2D eigenvalue weighted by atomic mass is 35.5. The van der Waals surface area contributed by atoms with Gasteiger partial charge in [0.25, 0.3) is 0 Å². The molecule has 0 aliphatic carbocycles. The zero-order valence-corrected chi connectivity index (χ0v) is 43.9. The Bertz CT molecular complexity index is 2390. The van der Waals surface area contributed by atoms with Crippen molar-refractivity contribution < 1.29 is 57.5 Å². The Morgan fingerprint density at radius 3 is 2.11 bits per heavy atom. The van der Waals surface area contributed by atoms with Crippen LogP contribution in [0.25, 0.3) is 10.4 Å². The van der Waals surface area contributed by atoms with Crippen molar-refractivity contribution in [2.45, 2.75) is 71.4 Å². The molecule has 72 heavy (non-hydrogen) atoms. The molecular formula is C51H66Cl2N6O12S. The number of ether oxygens (including phenoxy) is 6. The van der Waals surface area contributed by atoms with E-state index in [0.717, 1.165) is 21.7 Å². The zero-order chi connectivity index (χ0) is 52.2. The second-order valence-electron chi connectivity index (χ2n) is 17.9. The maximum atomic E-state index is 14.0. The van der Waals surface area contributed by atoms with Gasteiger partial charge in [0.1, 0.15) is 42.1 Å². The molecule has 0 spiro atoms. The fraction of sp³-hybridized carbons (Fsp3) is 0.490. The number of aliphatic hydroxyl groups excluding tert-OH is 1. The number of aryl methyl sites for hydroxylation is 1. The Morgan fingerprint density at radius 1 is 0.861 bits per heavy atom. The average Bonchev–Trinajstić information content (AvgIpc) is 3.99. The summed E-state index contributed by atoms with van der Waals surface area (Å²) in [4.78, 5) is 75.5. The van der Waals surface area contributed by atoms with Crippen LogP contribution in [0.1, 0.15) is 55.6 Å². The minimum absolute atomic E-state index is 0.0406. The van der Waals surface area contributed by atoms with Crippen molar-refractivity contribution >= 4 is 64.1 Å². The topological polar surface area (TPSA) is 216 Å². The predicted octanol–water partition coefficient (Wildman–Crippen LogP) is 5.09. The van der Waals surface area contributed by atoms with Gasteiger partial charge in [-0.15, -0.1) is 22.9 Å². The van der Waals surface area contributed by atoms with Crippen LogP contribution in [0.3, 0.4) is 0 Å². The Kier molecular flexibility index (Phi) is 23.0. The largest absolute Gasteiger partial charge is 0.497 e. The molecule has 4 N–H and O–H groups in total. The van der Waals surface area contributed by atoms with E-state index in [-0.39, 0.29) is 91.3 Å². The van der Waals surface area contributed by atoms with Crippen LogP contribution >= 0.6 is 34.5 Å². The summed E-state index contributed by atoms with van der Waals surface area (Å²) in [6, 6.07) is 16.8. The van der Waals surface area contributed by atoms with Gasteiger partial charge in [-0.05, 0) is 53.3 Å². The van der Waals surface area contributed by atoms with Crippen molar-refractivity contribution in [2.75, 3.05) is 86.0 Å². The lowest BCUT2D eigenvalue weighted by Crippen LogP contribution is -2.58. The van der Waals surface area contributed by atoms with Crippen molar-refractivity contribution in [1.29, 1.82) is 0 Å². The van der Waals surface area contributed by atoms with Gasteiger partial charge >= 0.3 is 0 Å². The molecule has 2 heterocycles. The van der Waals surface area contributed by atoms with Gasteiger partial charge in [0.15, 0.2) is 0 Å². The first kappa shape index (κ1) is 57.5. The van der Waals surface area contributed by atoms with E-state index in [0.29, 0.717) is 27.6 Å². The van der Waals surface area contributed by atoms with E-state index in [1.54, 1.807) is 66.4 Å². The molecule has 1 unspecified atom stereocenters. The summed E-state index contributed by atoms with van der Waals surface area (Å²) < 4.78 is 33.2. The van der Waals surface area contributed by atoms with Gasteiger partial charge in [0.2, 0.25) is 29.5 Å². The SMILES string of the molecule is COc1ccc(CNC(=O)C(c2ccc(Cl)cc2)N(CCOCCOCCOCCOCC(=O)N[C@H](C(=O)N2C[C@H](O)C[C@H]2C(=O)NCc2ccc(-c3scnc3C)cc2)C(C)(C)C)C(=O)CCl)c(OC)c1. The number of carbonyl (C=O) groups is 5. The summed E-state index contributed by atoms with van der Waals surface area (Å²) in [5, 5.41) is 19.6. The third-order valence-electron chi connectivity index (χ3n) is 11.7. The highest BCUT2D eigenvalue weighted by molar-refractivity contribution is 7.13. The first-order chi connectivity index (χ1) is 34.5. The molecule has 1 aromatic heterocycles. The summed E-state index contributed by atoms with van der Waals surface area (Å²) in [5.41, 5.74) is 5.17. The van der Waals surface area contributed by atoms with Gasteiger partial charge in [-0.3, -0.25) is 24.0 Å². The van der Waals surface area contributed by atoms with Crippen molar-refractivity contribution in [1.82, 2.24) is 30.7 Å². The van der Waals surface area contributed by atoms with Gasteiger partial charge in [-0.1, -0.05) is 68.8 Å². The number of aliphatic hydroxyl groups is 1. The first-order valence-corrected chi connectivity index (χ1v) is 25.3. The number of thiazole rings is 1. The molecule has 5 amide bonds. The number of aromatic nitrogens is 1. The summed E-state index contributed by atoms with van der Waals surface area (Å²) >= 11 is 13.7. The van der Waals surface area contributed by atoms with Gasteiger partial charge in [-0.25, -0.2) is 4.98 Å². The number of β-amino-alcohol motifs (C(OH)–C–C–N with tert-alkyl or cyclic N) is 1. The standard InChI is InChI=1S/C51H66Cl2N6O12S/c1-33-46(72-32-56-33)36-9-7-34(8-10-36)28-54-48(63)41-25-39(60)30-59(41)50(65)47(51(2,3)4)57-43(61)31-71-24-23-70-22-21-69-20-19-68-18-17-58(44(62)27-52)45(35-11-14-38(53)15-12-35)49(64)55-29-37-13-16-40(66-5)26-42(37)67-6/h7-16,26,32,39,41,45,47,60H,17-25,27-31H2,1-6H3,(H,54,63)(H,55,64)(H,57,61)/t39-,41+,45?,47-/m1/s1. The number of methoxy groups -OCH3 is 2. The minimum atomic E-state index is -1.04. The fourth-order valence-corrected chi connectivity index (χ4v) is 8.93. The molecule has 21 heteroatoms. The van der Waals surface area contributed by atoms with Gasteiger partial charge in [0.05, 0.1) is 82.7 Å². The molecule has 392 valence electrons.